The van der Waals surface area contributed by atoms with Gasteiger partial charge in [-0.25, -0.2) is 4.98 Å². The van der Waals surface area contributed by atoms with E-state index >= 15 is 0 Å². The number of nitrogens with one attached hydrogen (secondary N) is 1. The number of nitrogen functional groups attached to an aromatic ring is 1. The fraction of sp³-hybridized carbons (Fsp3) is 0.538. The summed E-state index contributed by atoms with van der Waals surface area (Å²) in [7, 11) is 1.62. The maximum Gasteiger partial charge on any atom is 0.148 e. The third-order valence-electron chi connectivity index (χ3n) is 3.07. The van der Waals surface area contributed by atoms with Gasteiger partial charge in [0.25, 0.3) is 0 Å². The lowest BCUT2D eigenvalue weighted by molar-refractivity contribution is 0.0358. The topological polar surface area (TPSA) is 93.3 Å². The average molecular weight is 328 g/mol. The van der Waals surface area contributed by atoms with Gasteiger partial charge < -0.3 is 20.9 Å². The zero-order valence-corrected chi connectivity index (χ0v) is 14.0. The van der Waals surface area contributed by atoms with E-state index in [2.05, 4.69) is 14.7 Å². The molecule has 0 aliphatic rings. The van der Waals surface area contributed by atoms with Crippen molar-refractivity contribution in [3.63, 3.8) is 0 Å². The largest absolute Gasteiger partial charge is 0.388 e. The first kappa shape index (κ1) is 16.2. The quantitative estimate of drug-likeness (QED) is 0.722. The van der Waals surface area contributed by atoms with Crippen molar-refractivity contribution in [1.29, 1.82) is 0 Å². The molecule has 0 saturated heterocycles. The molecule has 0 spiro atoms. The molecule has 21 heavy (non-hydrogen) atoms. The van der Waals surface area contributed by atoms with Crippen LogP contribution >= 0.6 is 22.9 Å². The highest BCUT2D eigenvalue weighted by Crippen LogP contribution is 2.37. The van der Waals surface area contributed by atoms with E-state index in [-0.39, 0.29) is 0 Å². The molecule has 0 aliphatic carbocycles. The molecule has 0 aromatic carbocycles. The Labute approximate surface area is 132 Å². The van der Waals surface area contributed by atoms with E-state index in [1.54, 1.807) is 25.4 Å². The molecule has 0 radical (unpaired) electrons. The van der Waals surface area contributed by atoms with Gasteiger partial charge in [0.15, 0.2) is 0 Å². The molecule has 0 aliphatic heterocycles. The van der Waals surface area contributed by atoms with Crippen molar-refractivity contribution in [3.8, 4) is 11.3 Å². The van der Waals surface area contributed by atoms with Gasteiger partial charge in [-0.15, -0.1) is 11.3 Å². The molecule has 8 heteroatoms. The van der Waals surface area contributed by atoms with Crippen molar-refractivity contribution in [1.82, 2.24) is 9.36 Å². The van der Waals surface area contributed by atoms with Crippen LogP contribution < -0.4 is 11.1 Å². The first-order chi connectivity index (χ1) is 9.93. The Kier molecular flexibility index (Phi) is 5.15. The molecule has 6 nitrogen and oxygen atoms in total. The second-order valence-electron chi connectivity index (χ2n) is 5.12. The summed E-state index contributed by atoms with van der Waals surface area (Å²) in [5.74, 6) is 0.462. The minimum atomic E-state index is -0.857. The van der Waals surface area contributed by atoms with Gasteiger partial charge in [-0.2, -0.15) is 4.37 Å². The summed E-state index contributed by atoms with van der Waals surface area (Å²) < 4.78 is 9.18. The highest BCUT2D eigenvalue weighted by Gasteiger charge is 2.22. The molecule has 0 fully saturated rings. The number of nitrogens with zero attached hydrogens (tertiary/aromatic N) is 2. The zero-order valence-electron chi connectivity index (χ0n) is 12.3. The summed E-state index contributed by atoms with van der Waals surface area (Å²) in [6.45, 7) is 4.63. The molecule has 4 N–H and O–H groups in total. The Bertz CT molecular complexity index is 595. The van der Waals surface area contributed by atoms with Crippen molar-refractivity contribution >= 4 is 33.7 Å². The molecule has 0 amide bonds. The first-order valence-corrected chi connectivity index (χ1v) is 8.21. The number of aromatic nitrogens is 2. The van der Waals surface area contributed by atoms with Crippen LogP contribution in [0.15, 0.2) is 5.38 Å². The monoisotopic (exact) mass is 328 g/mol. The average Bonchev–Trinajstić information content (AvgIpc) is 3.00. The highest BCUT2D eigenvalue weighted by molar-refractivity contribution is 7.11. The Morgan fingerprint density at radius 1 is 1.52 bits per heavy atom. The lowest BCUT2D eigenvalue weighted by atomic mass is 10.0. The number of anilines is 2. The van der Waals surface area contributed by atoms with Crippen LogP contribution in [0.2, 0.25) is 0 Å². The van der Waals surface area contributed by atoms with E-state index in [4.69, 9.17) is 10.5 Å². The van der Waals surface area contributed by atoms with Crippen LogP contribution in [-0.2, 0) is 4.74 Å². The van der Waals surface area contributed by atoms with Gasteiger partial charge in [-0.3, -0.25) is 0 Å². The normalized spacial score (nSPS) is 14.1. The number of thiazole rings is 1. The Morgan fingerprint density at radius 2 is 2.29 bits per heavy atom. The summed E-state index contributed by atoms with van der Waals surface area (Å²) in [4.78, 5) is 4.45. The van der Waals surface area contributed by atoms with E-state index in [1.807, 2.05) is 12.3 Å². The van der Waals surface area contributed by atoms with Gasteiger partial charge in [0.1, 0.15) is 10.8 Å². The van der Waals surface area contributed by atoms with Crippen LogP contribution in [0.25, 0.3) is 11.3 Å². The van der Waals surface area contributed by atoms with E-state index in [1.165, 1.54) is 11.5 Å². The molecule has 2 rings (SSSR count). The van der Waals surface area contributed by atoms with E-state index in [0.717, 1.165) is 21.3 Å². The van der Waals surface area contributed by atoms with Crippen LogP contribution in [-0.4, -0.2) is 40.3 Å². The minimum absolute atomic E-state index is 0.397. The van der Waals surface area contributed by atoms with Gasteiger partial charge in [-0.1, -0.05) is 0 Å². The van der Waals surface area contributed by atoms with Crippen LogP contribution in [0.4, 0.5) is 10.8 Å². The lowest BCUT2D eigenvalue weighted by Gasteiger charge is -2.23. The second-order valence-corrected chi connectivity index (χ2v) is 6.95. The molecule has 1 unspecified atom stereocenters. The van der Waals surface area contributed by atoms with Crippen molar-refractivity contribution in [2.45, 2.75) is 25.9 Å². The third kappa shape index (κ3) is 4.13. The van der Waals surface area contributed by atoms with E-state index < -0.39 is 5.60 Å². The van der Waals surface area contributed by atoms with E-state index in [0.29, 0.717) is 25.4 Å². The third-order valence-corrected chi connectivity index (χ3v) is 4.66. The van der Waals surface area contributed by atoms with Crippen molar-refractivity contribution in [2.75, 3.05) is 31.3 Å². The number of nitrogens with two attached hydrogens (primary N) is 1. The number of methoxy groups -OCH3 is 1. The summed E-state index contributed by atoms with van der Waals surface area (Å²) in [5, 5.41) is 17.3. The summed E-state index contributed by atoms with van der Waals surface area (Å²) >= 11 is 2.85. The van der Waals surface area contributed by atoms with Gasteiger partial charge in [0.2, 0.25) is 0 Å². The van der Waals surface area contributed by atoms with Crippen LogP contribution in [0.3, 0.4) is 0 Å². The predicted molar refractivity (Wildman–Crippen MR) is 88.0 cm³/mol. The van der Waals surface area contributed by atoms with Crippen molar-refractivity contribution < 1.29 is 9.84 Å². The van der Waals surface area contributed by atoms with Gasteiger partial charge in [0, 0.05) is 32.1 Å². The number of ether oxygens (including phenoxy) is 1. The molecule has 0 saturated carbocycles. The number of aliphatic hydroxyl groups is 1. The molecule has 2 aromatic rings. The summed E-state index contributed by atoms with van der Waals surface area (Å²) in [6.07, 6.45) is 0.552. The first-order valence-electron chi connectivity index (χ1n) is 6.56. The fourth-order valence-electron chi connectivity index (χ4n) is 1.83. The van der Waals surface area contributed by atoms with Gasteiger partial charge in [-0.05, 0) is 25.4 Å². The minimum Gasteiger partial charge on any atom is -0.388 e. The molecule has 0 bridgehead atoms. The highest BCUT2D eigenvalue weighted by atomic mass is 32.1. The van der Waals surface area contributed by atoms with Crippen LogP contribution in [0.5, 0.6) is 0 Å². The lowest BCUT2D eigenvalue weighted by Crippen LogP contribution is -2.34. The standard InChI is InChI=1S/C13H20N4O2S2/c1-8-16-9(6-20-8)10-11(14)17-21-12(10)15-7-13(2,18)4-5-19-3/h6,15,18H,4-5,7H2,1-3H3,(H2,14,17). The fourth-order valence-corrected chi connectivity index (χ4v) is 3.15. The molecule has 116 valence electrons. The van der Waals surface area contributed by atoms with Gasteiger partial charge >= 0.3 is 0 Å². The van der Waals surface area contributed by atoms with Crippen molar-refractivity contribution in [3.05, 3.63) is 10.4 Å². The maximum absolute atomic E-state index is 10.3. The smallest absolute Gasteiger partial charge is 0.148 e. The SMILES string of the molecule is COCCC(C)(O)CNc1snc(N)c1-c1csc(C)n1. The number of hydrogen-bond donors (Lipinski definition) is 3. The Hall–Kier alpha value is -1.22. The molecular formula is C13H20N4O2S2. The number of rotatable bonds is 7. The Balaban J connectivity index is 2.11. The summed E-state index contributed by atoms with van der Waals surface area (Å²) in [5.41, 5.74) is 6.72. The van der Waals surface area contributed by atoms with Crippen LogP contribution in [0, 0.1) is 6.92 Å². The molecule has 2 heterocycles. The Morgan fingerprint density at radius 3 is 2.90 bits per heavy atom. The van der Waals surface area contributed by atoms with E-state index in [9.17, 15) is 5.11 Å². The molecule has 2 aromatic heterocycles. The molecular weight excluding hydrogens is 308 g/mol. The second kappa shape index (κ2) is 6.69. The van der Waals surface area contributed by atoms with Gasteiger partial charge in [0.05, 0.1) is 21.9 Å². The van der Waals surface area contributed by atoms with Crippen LogP contribution in [0.1, 0.15) is 18.4 Å². The van der Waals surface area contributed by atoms with Crippen molar-refractivity contribution in [2.24, 2.45) is 0 Å². The zero-order chi connectivity index (χ0) is 15.5. The molecule has 1 atom stereocenters. The predicted octanol–water partition coefficient (Wildman–Crippen LogP) is 2.36. The summed E-state index contributed by atoms with van der Waals surface area (Å²) in [6, 6.07) is 0. The maximum atomic E-state index is 10.3. The number of aryl methyl sites for hydroxylation is 1. The number of hydrogen-bond acceptors (Lipinski definition) is 8.